The summed E-state index contributed by atoms with van der Waals surface area (Å²) in [5, 5.41) is 5.49. The Morgan fingerprint density at radius 1 is 0.917 bits per heavy atom. The Bertz CT molecular complexity index is 1370. The van der Waals surface area contributed by atoms with E-state index >= 15 is 0 Å². The molecule has 0 saturated heterocycles. The van der Waals surface area contributed by atoms with Crippen LogP contribution in [0.1, 0.15) is 26.5 Å². The molecular weight excluding hydrogens is 470 g/mol. The Labute approximate surface area is 205 Å². The van der Waals surface area contributed by atoms with Gasteiger partial charge in [-0.2, -0.15) is 8.78 Å². The quantitative estimate of drug-likeness (QED) is 0.298. The summed E-state index contributed by atoms with van der Waals surface area (Å²) in [7, 11) is 1.52. The number of hydrogen-bond donors (Lipinski definition) is 2. The van der Waals surface area contributed by atoms with Gasteiger partial charge < -0.3 is 24.5 Å². The molecule has 0 aliphatic rings. The summed E-state index contributed by atoms with van der Waals surface area (Å²) >= 11 is 0. The number of nitrogens with one attached hydrogen (secondary N) is 2. The SMILES string of the molecule is COc1ccc(-c2cc(NC(=O)c3ccc(C)c(NC(=O)c4ccco4)c3)ccc2OC(F)F)cc1. The Kier molecular flexibility index (Phi) is 7.29. The fraction of sp³-hybridized carbons (Fsp3) is 0.111. The topological polar surface area (TPSA) is 89.8 Å². The lowest BCUT2D eigenvalue weighted by Gasteiger charge is -2.14. The normalized spacial score (nSPS) is 10.7. The molecule has 1 aromatic heterocycles. The summed E-state index contributed by atoms with van der Waals surface area (Å²) in [4.78, 5) is 25.3. The van der Waals surface area contributed by atoms with Crippen molar-refractivity contribution >= 4 is 23.2 Å². The summed E-state index contributed by atoms with van der Waals surface area (Å²) < 4.78 is 40.9. The molecule has 184 valence electrons. The highest BCUT2D eigenvalue weighted by Gasteiger charge is 2.16. The molecule has 0 fully saturated rings. The summed E-state index contributed by atoms with van der Waals surface area (Å²) in [5.41, 5.74) is 2.82. The van der Waals surface area contributed by atoms with E-state index in [0.717, 1.165) is 5.56 Å². The Balaban J connectivity index is 1.58. The molecule has 0 aliphatic heterocycles. The van der Waals surface area contributed by atoms with Crippen LogP contribution in [0.25, 0.3) is 11.1 Å². The van der Waals surface area contributed by atoms with Gasteiger partial charge in [0.15, 0.2) is 5.76 Å². The van der Waals surface area contributed by atoms with Crippen LogP contribution in [0, 0.1) is 6.92 Å². The number of anilines is 2. The van der Waals surface area contributed by atoms with Crippen molar-refractivity contribution in [3.05, 3.63) is 95.9 Å². The number of carbonyl (C=O) groups excluding carboxylic acids is 2. The van der Waals surface area contributed by atoms with Crippen LogP contribution in [0.4, 0.5) is 20.2 Å². The second-order valence-corrected chi connectivity index (χ2v) is 7.73. The molecule has 0 unspecified atom stereocenters. The number of carbonyl (C=O) groups is 2. The zero-order chi connectivity index (χ0) is 25.7. The van der Waals surface area contributed by atoms with E-state index in [4.69, 9.17) is 9.15 Å². The van der Waals surface area contributed by atoms with Gasteiger partial charge in [0, 0.05) is 22.5 Å². The lowest BCUT2D eigenvalue weighted by Crippen LogP contribution is -2.15. The summed E-state index contributed by atoms with van der Waals surface area (Å²) in [6.45, 7) is -1.22. The summed E-state index contributed by atoms with van der Waals surface area (Å²) in [6.07, 6.45) is 1.39. The fourth-order valence-corrected chi connectivity index (χ4v) is 3.50. The highest BCUT2D eigenvalue weighted by molar-refractivity contribution is 6.07. The molecule has 0 aliphatic carbocycles. The van der Waals surface area contributed by atoms with E-state index in [9.17, 15) is 18.4 Å². The van der Waals surface area contributed by atoms with Gasteiger partial charge in [-0.05, 0) is 72.6 Å². The average Bonchev–Trinajstić information content (AvgIpc) is 3.41. The van der Waals surface area contributed by atoms with Crippen molar-refractivity contribution in [1.82, 2.24) is 0 Å². The summed E-state index contributed by atoms with van der Waals surface area (Å²) in [6, 6.07) is 19.2. The van der Waals surface area contributed by atoms with E-state index in [1.165, 1.54) is 31.6 Å². The van der Waals surface area contributed by atoms with E-state index in [2.05, 4.69) is 15.4 Å². The van der Waals surface area contributed by atoms with Gasteiger partial charge in [0.05, 0.1) is 13.4 Å². The van der Waals surface area contributed by atoms with Crippen molar-refractivity contribution in [1.29, 1.82) is 0 Å². The third-order valence-electron chi connectivity index (χ3n) is 5.35. The molecule has 36 heavy (non-hydrogen) atoms. The van der Waals surface area contributed by atoms with Crippen LogP contribution in [0.15, 0.2) is 83.5 Å². The van der Waals surface area contributed by atoms with Gasteiger partial charge in [-0.25, -0.2) is 0 Å². The number of alkyl halides is 2. The van der Waals surface area contributed by atoms with Crippen molar-refractivity contribution in [3.8, 4) is 22.6 Å². The number of furan rings is 1. The van der Waals surface area contributed by atoms with Crippen LogP contribution < -0.4 is 20.1 Å². The number of halogens is 2. The minimum absolute atomic E-state index is 0.0357. The molecular formula is C27H22F2N2O5. The number of ether oxygens (including phenoxy) is 2. The van der Waals surface area contributed by atoms with Crippen LogP contribution in [-0.2, 0) is 0 Å². The first-order valence-corrected chi connectivity index (χ1v) is 10.8. The van der Waals surface area contributed by atoms with Crippen molar-refractivity contribution in [2.75, 3.05) is 17.7 Å². The third-order valence-corrected chi connectivity index (χ3v) is 5.35. The first-order valence-electron chi connectivity index (χ1n) is 10.8. The maximum atomic E-state index is 13.0. The largest absolute Gasteiger partial charge is 0.497 e. The van der Waals surface area contributed by atoms with Gasteiger partial charge in [-0.15, -0.1) is 0 Å². The molecule has 0 radical (unpaired) electrons. The molecule has 7 nitrogen and oxygen atoms in total. The monoisotopic (exact) mass is 492 g/mol. The number of hydrogen-bond acceptors (Lipinski definition) is 5. The van der Waals surface area contributed by atoms with E-state index in [1.807, 2.05) is 0 Å². The van der Waals surface area contributed by atoms with Crippen LogP contribution in [0.3, 0.4) is 0 Å². The maximum Gasteiger partial charge on any atom is 0.387 e. The third kappa shape index (κ3) is 5.69. The lowest BCUT2D eigenvalue weighted by molar-refractivity contribution is -0.0494. The van der Waals surface area contributed by atoms with E-state index in [1.54, 1.807) is 61.5 Å². The number of rotatable bonds is 8. The molecule has 0 saturated carbocycles. The summed E-state index contributed by atoms with van der Waals surface area (Å²) in [5.74, 6) is -0.187. The molecule has 2 amide bonds. The van der Waals surface area contributed by atoms with Gasteiger partial charge in [0.25, 0.3) is 11.8 Å². The lowest BCUT2D eigenvalue weighted by atomic mass is 10.0. The first kappa shape index (κ1) is 24.5. The molecule has 0 atom stereocenters. The molecule has 9 heteroatoms. The maximum absolute atomic E-state index is 13.0. The molecule has 3 aromatic carbocycles. The highest BCUT2D eigenvalue weighted by atomic mass is 19.3. The zero-order valence-electron chi connectivity index (χ0n) is 19.4. The predicted octanol–water partition coefficient (Wildman–Crippen LogP) is 6.37. The van der Waals surface area contributed by atoms with Crippen LogP contribution in [-0.4, -0.2) is 25.5 Å². The van der Waals surface area contributed by atoms with Crippen molar-refractivity contribution in [3.63, 3.8) is 0 Å². The molecule has 0 spiro atoms. The molecule has 1 heterocycles. The Morgan fingerprint density at radius 3 is 2.36 bits per heavy atom. The second kappa shape index (κ2) is 10.7. The van der Waals surface area contributed by atoms with Crippen molar-refractivity contribution in [2.24, 2.45) is 0 Å². The first-order chi connectivity index (χ1) is 17.3. The number of benzene rings is 3. The number of aryl methyl sites for hydroxylation is 1. The molecule has 4 aromatic rings. The van der Waals surface area contributed by atoms with Crippen molar-refractivity contribution < 1.29 is 32.3 Å². The Hall–Kier alpha value is -4.66. The average molecular weight is 492 g/mol. The molecule has 4 rings (SSSR count). The van der Waals surface area contributed by atoms with E-state index in [0.29, 0.717) is 28.3 Å². The van der Waals surface area contributed by atoms with E-state index < -0.39 is 18.4 Å². The van der Waals surface area contributed by atoms with Crippen LogP contribution in [0.5, 0.6) is 11.5 Å². The number of methoxy groups -OCH3 is 1. The van der Waals surface area contributed by atoms with Crippen molar-refractivity contribution in [2.45, 2.75) is 13.5 Å². The van der Waals surface area contributed by atoms with Gasteiger partial charge in [-0.3, -0.25) is 9.59 Å². The molecule has 0 bridgehead atoms. The standard InChI is InChI=1S/C27H22F2N2O5/c1-16-5-6-18(14-22(16)31-26(33)24-4-3-13-35-24)25(32)30-19-9-12-23(36-27(28)29)21(15-19)17-7-10-20(34-2)11-8-17/h3-15,27H,1-2H3,(H,30,32)(H,31,33). The van der Waals surface area contributed by atoms with Crippen LogP contribution in [0.2, 0.25) is 0 Å². The van der Waals surface area contributed by atoms with Gasteiger partial charge >= 0.3 is 6.61 Å². The zero-order valence-corrected chi connectivity index (χ0v) is 19.4. The Morgan fingerprint density at radius 2 is 1.69 bits per heavy atom. The minimum Gasteiger partial charge on any atom is -0.497 e. The van der Waals surface area contributed by atoms with Gasteiger partial charge in [0.1, 0.15) is 11.5 Å². The fourth-order valence-electron chi connectivity index (χ4n) is 3.50. The van der Waals surface area contributed by atoms with Gasteiger partial charge in [0.2, 0.25) is 0 Å². The van der Waals surface area contributed by atoms with Crippen LogP contribution >= 0.6 is 0 Å². The predicted molar refractivity (Wildman–Crippen MR) is 131 cm³/mol. The smallest absolute Gasteiger partial charge is 0.387 e. The van der Waals surface area contributed by atoms with E-state index in [-0.39, 0.29) is 17.1 Å². The molecule has 2 N–H and O–H groups in total. The second-order valence-electron chi connectivity index (χ2n) is 7.73. The van der Waals surface area contributed by atoms with Gasteiger partial charge in [-0.1, -0.05) is 18.2 Å². The number of amides is 2. The minimum atomic E-state index is -3.01. The highest BCUT2D eigenvalue weighted by Crippen LogP contribution is 2.35.